The molecule has 2 nitrogen and oxygen atoms in total. The molecule has 1 aliphatic rings. The van der Waals surface area contributed by atoms with Crippen LogP contribution in [0.5, 0.6) is 0 Å². The third-order valence-electron chi connectivity index (χ3n) is 5.52. The van der Waals surface area contributed by atoms with Crippen LogP contribution in [0.1, 0.15) is 62.8 Å². The molecular formula is C24H30N2. The molecule has 26 heavy (non-hydrogen) atoms. The maximum atomic E-state index is 4.70. The molecule has 0 saturated heterocycles. The first-order chi connectivity index (χ1) is 12.2. The van der Waals surface area contributed by atoms with E-state index in [1.807, 2.05) is 6.21 Å². The van der Waals surface area contributed by atoms with Crippen molar-refractivity contribution in [2.45, 2.75) is 53.0 Å². The average Bonchev–Trinajstić information content (AvgIpc) is 2.58. The first kappa shape index (κ1) is 18.4. The number of allylic oxidation sites excluding steroid dienone is 1. The lowest BCUT2D eigenvalue weighted by Crippen LogP contribution is -2.42. The largest absolute Gasteiger partial charge is 0.365 e. The van der Waals surface area contributed by atoms with Gasteiger partial charge < -0.3 is 4.90 Å². The summed E-state index contributed by atoms with van der Waals surface area (Å²) in [6.07, 6.45) is 4.34. The van der Waals surface area contributed by atoms with E-state index in [1.165, 1.54) is 33.5 Å². The molecule has 0 N–H and O–H groups in total. The van der Waals surface area contributed by atoms with Crippen LogP contribution in [0.4, 0.5) is 11.4 Å². The molecule has 0 radical (unpaired) electrons. The van der Waals surface area contributed by atoms with Gasteiger partial charge in [-0.15, -0.1) is 0 Å². The van der Waals surface area contributed by atoms with Crippen LogP contribution >= 0.6 is 0 Å². The van der Waals surface area contributed by atoms with Crippen LogP contribution in [0.2, 0.25) is 0 Å². The zero-order valence-electron chi connectivity index (χ0n) is 17.1. The Bertz CT molecular complexity index is 868. The van der Waals surface area contributed by atoms with E-state index in [1.54, 1.807) is 0 Å². The summed E-state index contributed by atoms with van der Waals surface area (Å²) in [7, 11) is 2.17. The smallest absolute Gasteiger partial charge is 0.0630 e. The normalized spacial score (nSPS) is 16.2. The predicted molar refractivity (Wildman–Crippen MR) is 115 cm³/mol. The SMILES string of the molecule is CC1=CC(C)(C)N(C)c2cc(C)c(C=Nc3ccc(C(C)C)cc3)cc21. The van der Waals surface area contributed by atoms with Crippen LogP contribution in [-0.4, -0.2) is 18.8 Å². The van der Waals surface area contributed by atoms with Gasteiger partial charge in [-0.25, -0.2) is 0 Å². The molecule has 0 bridgehead atoms. The molecular weight excluding hydrogens is 316 g/mol. The molecule has 3 rings (SSSR count). The Hall–Kier alpha value is -2.35. The summed E-state index contributed by atoms with van der Waals surface area (Å²) in [4.78, 5) is 7.06. The maximum Gasteiger partial charge on any atom is 0.0630 e. The van der Waals surface area contributed by atoms with E-state index in [4.69, 9.17) is 4.99 Å². The Balaban J connectivity index is 1.94. The summed E-state index contributed by atoms with van der Waals surface area (Å²) in [5.74, 6) is 0.548. The number of aryl methyl sites for hydroxylation is 1. The molecule has 0 saturated carbocycles. The van der Waals surface area contributed by atoms with Crippen molar-refractivity contribution >= 4 is 23.2 Å². The minimum atomic E-state index is 0.0390. The van der Waals surface area contributed by atoms with Crippen LogP contribution in [-0.2, 0) is 0 Å². The molecule has 0 spiro atoms. The number of benzene rings is 2. The van der Waals surface area contributed by atoms with Gasteiger partial charge in [0.15, 0.2) is 0 Å². The Morgan fingerprint density at radius 1 is 1.04 bits per heavy atom. The quantitative estimate of drug-likeness (QED) is 0.579. The molecule has 0 unspecified atom stereocenters. The Labute approximate surface area is 158 Å². The average molecular weight is 347 g/mol. The van der Waals surface area contributed by atoms with E-state index in [-0.39, 0.29) is 5.54 Å². The first-order valence-electron chi connectivity index (χ1n) is 9.41. The monoisotopic (exact) mass is 346 g/mol. The highest BCUT2D eigenvalue weighted by molar-refractivity contribution is 5.90. The van der Waals surface area contributed by atoms with Crippen molar-refractivity contribution < 1.29 is 0 Å². The Morgan fingerprint density at radius 2 is 1.69 bits per heavy atom. The van der Waals surface area contributed by atoms with Gasteiger partial charge >= 0.3 is 0 Å². The maximum absolute atomic E-state index is 4.70. The van der Waals surface area contributed by atoms with Crippen molar-refractivity contribution in [3.05, 3.63) is 64.7 Å². The highest BCUT2D eigenvalue weighted by atomic mass is 15.2. The molecule has 0 amide bonds. The van der Waals surface area contributed by atoms with Crippen molar-refractivity contribution in [3.8, 4) is 0 Å². The van der Waals surface area contributed by atoms with Crippen LogP contribution in [0.3, 0.4) is 0 Å². The summed E-state index contributed by atoms with van der Waals surface area (Å²) in [5.41, 5.74) is 8.75. The Kier molecular flexibility index (Phi) is 4.79. The molecule has 2 heteroatoms. The molecule has 0 aromatic heterocycles. The van der Waals surface area contributed by atoms with E-state index in [9.17, 15) is 0 Å². The standard InChI is InChI=1S/C24H30N2/c1-16(2)19-8-10-21(11-9-19)25-15-20-13-22-18(4)14-24(5,6)26(7)23(22)12-17(20)3/h8-16H,1-7H3. The fraction of sp³-hybridized carbons (Fsp3) is 0.375. The van der Waals surface area contributed by atoms with Gasteiger partial charge in [0.2, 0.25) is 0 Å². The third-order valence-corrected chi connectivity index (χ3v) is 5.52. The molecule has 1 aliphatic heterocycles. The lowest BCUT2D eigenvalue weighted by Gasteiger charge is -2.41. The van der Waals surface area contributed by atoms with Gasteiger partial charge in [-0.3, -0.25) is 4.99 Å². The molecule has 0 atom stereocenters. The fourth-order valence-corrected chi connectivity index (χ4v) is 3.55. The van der Waals surface area contributed by atoms with Crippen molar-refractivity contribution in [1.29, 1.82) is 0 Å². The number of likely N-dealkylation sites (N-methyl/N-ethyl adjacent to an activating group) is 1. The second-order valence-corrected chi connectivity index (χ2v) is 8.27. The summed E-state index contributed by atoms with van der Waals surface area (Å²) in [5, 5.41) is 0. The number of hydrogen-bond acceptors (Lipinski definition) is 2. The van der Waals surface area contributed by atoms with E-state index < -0.39 is 0 Å². The number of nitrogens with zero attached hydrogens (tertiary/aromatic N) is 2. The highest BCUT2D eigenvalue weighted by Gasteiger charge is 2.28. The highest BCUT2D eigenvalue weighted by Crippen LogP contribution is 2.39. The molecule has 1 heterocycles. The van der Waals surface area contributed by atoms with Crippen LogP contribution in [0, 0.1) is 6.92 Å². The van der Waals surface area contributed by atoms with Crippen LogP contribution in [0.15, 0.2) is 47.5 Å². The molecule has 0 fully saturated rings. The van der Waals surface area contributed by atoms with E-state index >= 15 is 0 Å². The molecule has 2 aromatic rings. The van der Waals surface area contributed by atoms with E-state index in [0.29, 0.717) is 5.92 Å². The van der Waals surface area contributed by atoms with Gasteiger partial charge in [-0.1, -0.05) is 32.1 Å². The van der Waals surface area contributed by atoms with Crippen LogP contribution < -0.4 is 4.90 Å². The van der Waals surface area contributed by atoms with Gasteiger partial charge in [-0.2, -0.15) is 0 Å². The van der Waals surface area contributed by atoms with Gasteiger partial charge in [-0.05, 0) is 80.1 Å². The summed E-state index contributed by atoms with van der Waals surface area (Å²) < 4.78 is 0. The lowest BCUT2D eigenvalue weighted by atomic mass is 9.87. The van der Waals surface area contributed by atoms with Gasteiger partial charge in [0.05, 0.1) is 11.2 Å². The summed E-state index contributed by atoms with van der Waals surface area (Å²) in [6, 6.07) is 13.1. The van der Waals surface area contributed by atoms with Crippen molar-refractivity contribution in [2.75, 3.05) is 11.9 Å². The van der Waals surface area contributed by atoms with Crippen molar-refractivity contribution in [3.63, 3.8) is 0 Å². The van der Waals surface area contributed by atoms with Crippen molar-refractivity contribution in [1.82, 2.24) is 0 Å². The number of fused-ring (bicyclic) bond motifs is 1. The second-order valence-electron chi connectivity index (χ2n) is 8.27. The van der Waals surface area contributed by atoms with Crippen LogP contribution in [0.25, 0.3) is 5.57 Å². The van der Waals surface area contributed by atoms with Crippen molar-refractivity contribution in [2.24, 2.45) is 4.99 Å². The summed E-state index contributed by atoms with van der Waals surface area (Å²) >= 11 is 0. The minimum absolute atomic E-state index is 0.0390. The topological polar surface area (TPSA) is 15.6 Å². The number of aliphatic imine (C=N–C) groups is 1. The second kappa shape index (κ2) is 6.75. The number of anilines is 1. The number of rotatable bonds is 3. The molecule has 2 aromatic carbocycles. The minimum Gasteiger partial charge on any atom is -0.365 e. The first-order valence-corrected chi connectivity index (χ1v) is 9.41. The predicted octanol–water partition coefficient (Wildman–Crippen LogP) is 6.50. The number of hydrogen-bond donors (Lipinski definition) is 0. The zero-order valence-corrected chi connectivity index (χ0v) is 17.1. The molecule has 0 aliphatic carbocycles. The molecule has 136 valence electrons. The zero-order chi connectivity index (χ0) is 19.1. The van der Waals surface area contributed by atoms with E-state index in [0.717, 1.165) is 5.69 Å². The van der Waals surface area contributed by atoms with Gasteiger partial charge in [0.1, 0.15) is 0 Å². The summed E-state index contributed by atoms with van der Waals surface area (Å²) in [6.45, 7) is 13.3. The fourth-order valence-electron chi connectivity index (χ4n) is 3.55. The van der Waals surface area contributed by atoms with E-state index in [2.05, 4.69) is 96.0 Å². The third kappa shape index (κ3) is 3.46. The van der Waals surface area contributed by atoms with Gasteiger partial charge in [0, 0.05) is 24.5 Å². The Morgan fingerprint density at radius 3 is 2.31 bits per heavy atom. The van der Waals surface area contributed by atoms with Gasteiger partial charge in [0.25, 0.3) is 0 Å². The lowest BCUT2D eigenvalue weighted by molar-refractivity contribution is 0.597.